The number of aromatic nitrogens is 1. The van der Waals surface area contributed by atoms with Crippen LogP contribution in [0.5, 0.6) is 0 Å². The van der Waals surface area contributed by atoms with E-state index in [9.17, 15) is 4.79 Å². The minimum Gasteiger partial charge on any atom is -0.355 e. The predicted octanol–water partition coefficient (Wildman–Crippen LogP) is 4.89. The molecule has 3 rings (SSSR count). The van der Waals surface area contributed by atoms with Crippen molar-refractivity contribution in [2.24, 2.45) is 0 Å². The number of nitrogens with zero attached hydrogens (tertiary/aromatic N) is 1. The van der Waals surface area contributed by atoms with Crippen LogP contribution in [0.15, 0.2) is 53.1 Å². The Morgan fingerprint density at radius 1 is 1.17 bits per heavy atom. The van der Waals surface area contributed by atoms with E-state index in [1.54, 1.807) is 31.2 Å². The molecule has 122 valence electrons. The largest absolute Gasteiger partial charge is 0.355 e. The fourth-order valence-electron chi connectivity index (χ4n) is 2.38. The minimum absolute atomic E-state index is 0.274. The number of hydrogen-bond donors (Lipinski definition) is 1. The number of amides is 1. The van der Waals surface area contributed by atoms with Crippen LogP contribution in [0.25, 0.3) is 11.3 Å². The van der Waals surface area contributed by atoms with Crippen LogP contribution < -0.4 is 5.32 Å². The summed E-state index contributed by atoms with van der Waals surface area (Å²) in [6, 6.07) is 14.5. The van der Waals surface area contributed by atoms with Crippen LogP contribution in [0.3, 0.4) is 0 Å². The van der Waals surface area contributed by atoms with E-state index in [4.69, 9.17) is 27.7 Å². The summed E-state index contributed by atoms with van der Waals surface area (Å²) in [5, 5.41) is 7.89. The Kier molecular flexibility index (Phi) is 4.88. The first-order valence-electron chi connectivity index (χ1n) is 7.30. The summed E-state index contributed by atoms with van der Waals surface area (Å²) in [5.74, 6) is 0.0883. The maximum atomic E-state index is 12.6. The number of carbonyl (C=O) groups excluding carboxylic acids is 1. The SMILES string of the molecule is Cc1noc(-c2ccccc2Cl)c1C(=O)NCc1cccc(Cl)c1. The fourth-order valence-corrected chi connectivity index (χ4v) is 2.82. The zero-order chi connectivity index (χ0) is 17.1. The van der Waals surface area contributed by atoms with Crippen molar-refractivity contribution in [3.05, 3.63) is 75.4 Å². The van der Waals surface area contributed by atoms with Crippen LogP contribution in [-0.4, -0.2) is 11.1 Å². The van der Waals surface area contributed by atoms with Crippen molar-refractivity contribution in [3.63, 3.8) is 0 Å². The lowest BCUT2D eigenvalue weighted by molar-refractivity contribution is 0.0950. The van der Waals surface area contributed by atoms with Crippen LogP contribution >= 0.6 is 23.2 Å². The Balaban J connectivity index is 1.85. The highest BCUT2D eigenvalue weighted by Gasteiger charge is 2.23. The Morgan fingerprint density at radius 2 is 1.96 bits per heavy atom. The van der Waals surface area contributed by atoms with Crippen LogP contribution in [0.2, 0.25) is 10.0 Å². The smallest absolute Gasteiger partial charge is 0.257 e. The highest BCUT2D eigenvalue weighted by Crippen LogP contribution is 2.31. The average Bonchev–Trinajstić information content (AvgIpc) is 2.95. The van der Waals surface area contributed by atoms with Crippen molar-refractivity contribution in [2.75, 3.05) is 0 Å². The lowest BCUT2D eigenvalue weighted by atomic mass is 10.1. The molecule has 0 radical (unpaired) electrons. The summed E-state index contributed by atoms with van der Waals surface area (Å²) in [6.45, 7) is 2.07. The lowest BCUT2D eigenvalue weighted by Crippen LogP contribution is -2.23. The van der Waals surface area contributed by atoms with E-state index in [1.807, 2.05) is 24.3 Å². The number of hydrogen-bond acceptors (Lipinski definition) is 3. The van der Waals surface area contributed by atoms with Crippen molar-refractivity contribution in [1.29, 1.82) is 0 Å². The van der Waals surface area contributed by atoms with Gasteiger partial charge >= 0.3 is 0 Å². The highest BCUT2D eigenvalue weighted by atomic mass is 35.5. The molecule has 1 aromatic heterocycles. The Hall–Kier alpha value is -2.30. The molecule has 0 aliphatic heterocycles. The monoisotopic (exact) mass is 360 g/mol. The molecule has 4 nitrogen and oxygen atoms in total. The summed E-state index contributed by atoms with van der Waals surface area (Å²) in [4.78, 5) is 12.6. The maximum Gasteiger partial charge on any atom is 0.257 e. The average molecular weight is 361 g/mol. The first-order chi connectivity index (χ1) is 11.6. The topological polar surface area (TPSA) is 55.1 Å². The number of carbonyl (C=O) groups is 1. The molecular weight excluding hydrogens is 347 g/mol. The molecule has 0 fully saturated rings. The van der Waals surface area contributed by atoms with Crippen LogP contribution in [0, 0.1) is 6.92 Å². The standard InChI is InChI=1S/C18H14Cl2N2O2/c1-11-16(17(24-22-11)14-7-2-3-8-15(14)20)18(23)21-10-12-5-4-6-13(19)9-12/h2-9H,10H2,1H3,(H,21,23). The van der Waals surface area contributed by atoms with Crippen LogP contribution in [0.1, 0.15) is 21.6 Å². The molecule has 0 aliphatic rings. The molecule has 0 spiro atoms. The molecule has 0 saturated carbocycles. The van der Waals surface area contributed by atoms with E-state index < -0.39 is 0 Å². The Morgan fingerprint density at radius 3 is 2.71 bits per heavy atom. The van der Waals surface area contributed by atoms with E-state index >= 15 is 0 Å². The Labute approximate surface area is 149 Å². The van der Waals surface area contributed by atoms with Gasteiger partial charge in [-0.2, -0.15) is 0 Å². The summed E-state index contributed by atoms with van der Waals surface area (Å²) in [7, 11) is 0. The molecule has 3 aromatic rings. The second kappa shape index (κ2) is 7.07. The zero-order valence-electron chi connectivity index (χ0n) is 12.8. The first-order valence-corrected chi connectivity index (χ1v) is 8.05. The molecule has 6 heteroatoms. The molecule has 1 N–H and O–H groups in total. The van der Waals surface area contributed by atoms with Gasteiger partial charge in [-0.05, 0) is 36.8 Å². The van der Waals surface area contributed by atoms with Gasteiger partial charge in [0.1, 0.15) is 5.56 Å². The van der Waals surface area contributed by atoms with Gasteiger partial charge in [-0.25, -0.2) is 0 Å². The van der Waals surface area contributed by atoms with E-state index in [0.717, 1.165) is 5.56 Å². The number of rotatable bonds is 4. The van der Waals surface area contributed by atoms with Gasteiger partial charge in [0, 0.05) is 17.1 Å². The van der Waals surface area contributed by atoms with Crippen molar-refractivity contribution >= 4 is 29.1 Å². The quantitative estimate of drug-likeness (QED) is 0.720. The molecule has 1 heterocycles. The van der Waals surface area contributed by atoms with Gasteiger partial charge in [0.05, 0.1) is 10.7 Å². The molecule has 0 atom stereocenters. The van der Waals surface area contributed by atoms with Gasteiger partial charge in [0.2, 0.25) is 0 Å². The van der Waals surface area contributed by atoms with Gasteiger partial charge < -0.3 is 9.84 Å². The van der Waals surface area contributed by atoms with Gasteiger partial charge in [-0.3, -0.25) is 4.79 Å². The third kappa shape index (κ3) is 3.45. The summed E-state index contributed by atoms with van der Waals surface area (Å²) in [5.41, 5.74) is 2.43. The van der Waals surface area contributed by atoms with Crippen LogP contribution in [-0.2, 0) is 6.54 Å². The third-order valence-corrected chi connectivity index (χ3v) is 4.12. The van der Waals surface area contributed by atoms with Gasteiger partial charge in [-0.15, -0.1) is 0 Å². The molecule has 24 heavy (non-hydrogen) atoms. The number of nitrogens with one attached hydrogen (secondary N) is 1. The normalized spacial score (nSPS) is 10.6. The third-order valence-electron chi connectivity index (χ3n) is 3.55. The second-order valence-electron chi connectivity index (χ2n) is 5.26. The van der Waals surface area contributed by atoms with Gasteiger partial charge in [-0.1, -0.05) is 52.6 Å². The van der Waals surface area contributed by atoms with Crippen molar-refractivity contribution in [1.82, 2.24) is 10.5 Å². The fraction of sp³-hybridized carbons (Fsp3) is 0.111. The number of aryl methyl sites for hydroxylation is 1. The van der Waals surface area contributed by atoms with E-state index in [0.29, 0.717) is 39.2 Å². The first kappa shape index (κ1) is 16.6. The van der Waals surface area contributed by atoms with Gasteiger partial charge in [0.25, 0.3) is 5.91 Å². The van der Waals surface area contributed by atoms with Crippen molar-refractivity contribution < 1.29 is 9.32 Å². The zero-order valence-corrected chi connectivity index (χ0v) is 14.4. The summed E-state index contributed by atoms with van der Waals surface area (Å²) >= 11 is 12.2. The summed E-state index contributed by atoms with van der Waals surface area (Å²) < 4.78 is 5.34. The molecular formula is C18H14Cl2N2O2. The minimum atomic E-state index is -0.274. The molecule has 2 aromatic carbocycles. The second-order valence-corrected chi connectivity index (χ2v) is 6.11. The van der Waals surface area contributed by atoms with Crippen molar-refractivity contribution in [2.45, 2.75) is 13.5 Å². The predicted molar refractivity (Wildman–Crippen MR) is 94.3 cm³/mol. The van der Waals surface area contributed by atoms with Crippen LogP contribution in [0.4, 0.5) is 0 Å². The Bertz CT molecular complexity index is 890. The molecule has 0 saturated heterocycles. The summed E-state index contributed by atoms with van der Waals surface area (Å²) in [6.07, 6.45) is 0. The molecule has 0 aliphatic carbocycles. The molecule has 0 bridgehead atoms. The lowest BCUT2D eigenvalue weighted by Gasteiger charge is -2.07. The van der Waals surface area contributed by atoms with Crippen molar-refractivity contribution in [3.8, 4) is 11.3 Å². The molecule has 0 unspecified atom stereocenters. The number of halogens is 2. The maximum absolute atomic E-state index is 12.6. The number of benzene rings is 2. The van der Waals surface area contributed by atoms with Gasteiger partial charge in [0.15, 0.2) is 5.76 Å². The van der Waals surface area contributed by atoms with E-state index in [1.165, 1.54) is 0 Å². The molecule has 1 amide bonds. The van der Waals surface area contributed by atoms with E-state index in [-0.39, 0.29) is 5.91 Å². The highest BCUT2D eigenvalue weighted by molar-refractivity contribution is 6.33. The van der Waals surface area contributed by atoms with E-state index in [2.05, 4.69) is 10.5 Å².